The van der Waals surface area contributed by atoms with Gasteiger partial charge in [-0.1, -0.05) is 174 Å². The van der Waals surface area contributed by atoms with E-state index in [0.29, 0.717) is 5.92 Å². The zero-order valence-corrected chi connectivity index (χ0v) is 39.3. The average molecular weight is 861 g/mol. The number of amides is 2. The second-order valence-corrected chi connectivity index (χ2v) is 16.6. The predicted octanol–water partition coefficient (Wildman–Crippen LogP) is 13.7. The van der Waals surface area contributed by atoms with E-state index in [9.17, 15) is 9.59 Å². The van der Waals surface area contributed by atoms with Crippen LogP contribution >= 0.6 is 0 Å². The number of para-hydroxylation sites is 2. The van der Waals surface area contributed by atoms with Crippen molar-refractivity contribution in [2.75, 3.05) is 43.4 Å². The van der Waals surface area contributed by atoms with Crippen LogP contribution in [0, 0.1) is 11.8 Å². The van der Waals surface area contributed by atoms with E-state index < -0.39 is 0 Å². The molecule has 2 heterocycles. The molecule has 1 unspecified atom stereocenters. The van der Waals surface area contributed by atoms with E-state index in [0.717, 1.165) is 91.4 Å². The summed E-state index contributed by atoms with van der Waals surface area (Å²) in [5.74, 6) is 1.38. The van der Waals surface area contributed by atoms with Gasteiger partial charge in [0.15, 0.2) is 0 Å². The normalized spacial score (nSPS) is 16.6. The van der Waals surface area contributed by atoms with E-state index in [2.05, 4.69) is 82.0 Å². The van der Waals surface area contributed by atoms with Crippen LogP contribution < -0.4 is 10.6 Å². The molecule has 1 aliphatic carbocycles. The van der Waals surface area contributed by atoms with Crippen LogP contribution in [0.1, 0.15) is 84.8 Å². The molecule has 0 bridgehead atoms. The van der Waals surface area contributed by atoms with Crippen LogP contribution in [0.2, 0.25) is 0 Å². The molecule has 2 N–H and O–H groups in total. The summed E-state index contributed by atoms with van der Waals surface area (Å²) in [4.78, 5) is 29.0. The van der Waals surface area contributed by atoms with E-state index in [1.807, 2.05) is 125 Å². The molecule has 64 heavy (non-hydrogen) atoms. The Hall–Kier alpha value is -5.76. The third kappa shape index (κ3) is 15.8. The van der Waals surface area contributed by atoms with Gasteiger partial charge >= 0.3 is 6.09 Å². The lowest BCUT2D eigenvalue weighted by atomic mass is 9.89. The van der Waals surface area contributed by atoms with Gasteiger partial charge in [0, 0.05) is 49.9 Å². The van der Waals surface area contributed by atoms with E-state index >= 15 is 0 Å². The van der Waals surface area contributed by atoms with Crippen LogP contribution in [-0.4, -0.2) is 60.6 Å². The van der Waals surface area contributed by atoms with Crippen molar-refractivity contribution < 1.29 is 14.3 Å². The molecule has 338 valence electrons. The lowest BCUT2D eigenvalue weighted by Crippen LogP contribution is -2.39. The minimum absolute atomic E-state index is 0.0524. The third-order valence-corrected chi connectivity index (χ3v) is 11.8. The van der Waals surface area contributed by atoms with Gasteiger partial charge in [-0.05, 0) is 103 Å². The van der Waals surface area contributed by atoms with Gasteiger partial charge < -0.3 is 10.1 Å². The van der Waals surface area contributed by atoms with Crippen molar-refractivity contribution in [2.24, 2.45) is 11.8 Å². The van der Waals surface area contributed by atoms with E-state index in [-0.39, 0.29) is 18.1 Å². The number of allylic oxidation sites excluding steroid dienone is 2. The number of carbonyl (C=O) groups is 2. The number of likely N-dealkylation sites (tertiary alicyclic amines) is 2. The number of ether oxygens (including phenoxy) is 1. The van der Waals surface area contributed by atoms with Crippen LogP contribution in [0.4, 0.5) is 16.2 Å². The topological polar surface area (TPSA) is 73.9 Å². The molecule has 3 aliphatic rings. The fourth-order valence-electron chi connectivity index (χ4n) is 8.48. The maximum Gasteiger partial charge on any atom is 0.411 e. The summed E-state index contributed by atoms with van der Waals surface area (Å²) in [6.45, 7) is 18.3. The van der Waals surface area contributed by atoms with Crippen molar-refractivity contribution in [2.45, 2.75) is 92.7 Å². The summed E-state index contributed by atoms with van der Waals surface area (Å²) < 4.78 is 5.85. The Labute approximate surface area is 384 Å². The fourth-order valence-corrected chi connectivity index (χ4v) is 8.48. The minimum Gasteiger partial charge on any atom is -0.446 e. The van der Waals surface area contributed by atoms with Gasteiger partial charge in [0.05, 0.1) is 5.69 Å². The quantitative estimate of drug-likeness (QED) is 0.138. The molecule has 7 nitrogen and oxygen atoms in total. The lowest BCUT2D eigenvalue weighted by Gasteiger charge is -2.32. The number of nitrogens with one attached hydrogen (secondary N) is 2. The molecule has 0 radical (unpaired) electrons. The first-order valence-electron chi connectivity index (χ1n) is 23.8. The first kappa shape index (κ1) is 49.3. The molecule has 2 aliphatic heterocycles. The molecule has 0 aromatic heterocycles. The predicted molar refractivity (Wildman–Crippen MR) is 269 cm³/mol. The highest BCUT2D eigenvalue weighted by Crippen LogP contribution is 2.30. The largest absolute Gasteiger partial charge is 0.446 e. The van der Waals surface area contributed by atoms with Gasteiger partial charge in [0.2, 0.25) is 5.91 Å². The minimum atomic E-state index is -0.373. The molecule has 8 rings (SSSR count). The van der Waals surface area contributed by atoms with E-state index in [1.165, 1.54) is 49.6 Å². The molecule has 2 fully saturated rings. The van der Waals surface area contributed by atoms with Crippen LogP contribution in [0.25, 0.3) is 22.3 Å². The average Bonchev–Trinajstić information content (AvgIpc) is 3.33. The number of hydrogen-bond acceptors (Lipinski definition) is 5. The van der Waals surface area contributed by atoms with Gasteiger partial charge in [-0.3, -0.25) is 19.9 Å². The maximum absolute atomic E-state index is 12.8. The molecule has 1 atom stereocenters. The number of carbonyl (C=O) groups excluding carboxylic acids is 2. The highest BCUT2D eigenvalue weighted by molar-refractivity contribution is 5.94. The molecule has 2 saturated heterocycles. The van der Waals surface area contributed by atoms with Crippen LogP contribution in [0.5, 0.6) is 0 Å². The monoisotopic (exact) mass is 861 g/mol. The molecule has 0 saturated carbocycles. The summed E-state index contributed by atoms with van der Waals surface area (Å²) in [7, 11) is 0. The molecular weight excluding hydrogens is 789 g/mol. The maximum atomic E-state index is 12.8. The second-order valence-electron chi connectivity index (χ2n) is 16.6. The number of benzene rings is 5. The van der Waals surface area contributed by atoms with Crippen LogP contribution in [-0.2, 0) is 22.5 Å². The zero-order valence-electron chi connectivity index (χ0n) is 39.3. The van der Waals surface area contributed by atoms with Gasteiger partial charge in [-0.25, -0.2) is 4.79 Å². The highest BCUT2D eigenvalue weighted by atomic mass is 16.6. The third-order valence-electron chi connectivity index (χ3n) is 11.8. The number of anilines is 2. The van der Waals surface area contributed by atoms with Crippen molar-refractivity contribution in [3.05, 3.63) is 168 Å². The first-order chi connectivity index (χ1) is 31.3. The van der Waals surface area contributed by atoms with Crippen molar-refractivity contribution in [1.29, 1.82) is 0 Å². The van der Waals surface area contributed by atoms with Gasteiger partial charge in [-0.2, -0.15) is 0 Å². The van der Waals surface area contributed by atoms with Gasteiger partial charge in [0.1, 0.15) is 6.10 Å². The fraction of sp³-hybridized carbons (Fsp3) is 0.368. The summed E-state index contributed by atoms with van der Waals surface area (Å²) in [6.07, 6.45) is 13.3. The second kappa shape index (κ2) is 26.8. The van der Waals surface area contributed by atoms with Crippen molar-refractivity contribution in [3.8, 4) is 22.3 Å². The Kier molecular flexibility index (Phi) is 20.6. The Balaban J connectivity index is 0.000000321. The Bertz CT molecular complexity index is 2190. The van der Waals surface area contributed by atoms with E-state index in [1.54, 1.807) is 0 Å². The first-order valence-corrected chi connectivity index (χ1v) is 23.8. The molecular formula is C57H72N4O3. The van der Waals surface area contributed by atoms with Crippen LogP contribution in [0.15, 0.2) is 157 Å². The molecule has 0 spiro atoms. The number of rotatable bonds is 11. The smallest absolute Gasteiger partial charge is 0.411 e. The summed E-state index contributed by atoms with van der Waals surface area (Å²) in [6, 6.07) is 45.1. The van der Waals surface area contributed by atoms with Gasteiger partial charge in [-0.15, -0.1) is 0 Å². The summed E-state index contributed by atoms with van der Waals surface area (Å²) >= 11 is 0. The summed E-state index contributed by atoms with van der Waals surface area (Å²) in [5.41, 5.74) is 10.1. The van der Waals surface area contributed by atoms with Crippen LogP contribution in [0.3, 0.4) is 0 Å². The van der Waals surface area contributed by atoms with Gasteiger partial charge in [0.25, 0.3) is 0 Å². The summed E-state index contributed by atoms with van der Waals surface area (Å²) in [5, 5.41) is 5.82. The Morgan fingerprint density at radius 2 is 1.08 bits per heavy atom. The van der Waals surface area contributed by atoms with Crippen molar-refractivity contribution >= 4 is 23.4 Å². The van der Waals surface area contributed by atoms with Crippen molar-refractivity contribution in [3.63, 3.8) is 0 Å². The lowest BCUT2D eigenvalue weighted by molar-refractivity contribution is -0.114. The number of nitrogens with zero attached hydrogens (tertiary/aromatic N) is 2. The Morgan fingerprint density at radius 3 is 1.64 bits per heavy atom. The number of piperidine rings is 2. The number of hydrogen-bond donors (Lipinski definition) is 2. The molecule has 5 aromatic carbocycles. The zero-order chi connectivity index (χ0) is 45.5. The van der Waals surface area contributed by atoms with E-state index in [4.69, 9.17) is 4.74 Å². The Morgan fingerprint density at radius 1 is 0.594 bits per heavy atom. The standard InChI is InChI=1S/C39H47N3O2.C14H13NO.2C2H6/c1-30-18-22-41(23-19-30)28-32-16-14-31(15-17-32)26-33-8-7-9-34(27-33)29-42-24-20-36(21-25-42)44-39(43)40-38-13-6-5-12-37(38)35-10-3-2-4-11-35;1-11(16)15-14-10-6-5-9-13(14)12-7-3-2-4-8-12;2*1-2/h2-7,9-17,27,30,33,36H,8,18-26,28-29H2,1H3,(H,40,43);2-10H,1H3,(H,15,16);2*1-2H3. The highest BCUT2D eigenvalue weighted by Gasteiger charge is 2.24. The molecule has 2 amide bonds. The van der Waals surface area contributed by atoms with Crippen molar-refractivity contribution in [1.82, 2.24) is 9.80 Å². The SMILES string of the molecule is CC.CC.CC(=O)Nc1ccccc1-c1ccccc1.CC1CCN(Cc2ccc(CC3C=C(CN4CCC(OC(=O)Nc5ccccc5-c5ccccc5)CC4)C=CC3)cc2)CC1. The molecule has 7 heteroatoms. The molecule has 5 aromatic rings.